The number of hydrogen-bond acceptors (Lipinski definition) is 5. The van der Waals surface area contributed by atoms with E-state index in [2.05, 4.69) is 20.6 Å². The highest BCUT2D eigenvalue weighted by Gasteiger charge is 2.39. The number of halogens is 3. The predicted octanol–water partition coefficient (Wildman–Crippen LogP) is 4.00. The number of H-pyrrole nitrogens is 1. The number of aromatic amines is 1. The SMILES string of the molecule is O=C(NCC1(F)COC1)Nc1cc(F)c(Oc2ccnc3[nH]cc([C@H]4CCOC4)c23)c(F)c1. The number of pyridine rings is 1. The predicted molar refractivity (Wildman–Crippen MR) is 112 cm³/mol. The van der Waals surface area contributed by atoms with Gasteiger partial charge >= 0.3 is 6.03 Å². The number of nitrogens with one attached hydrogen (secondary N) is 3. The van der Waals surface area contributed by atoms with Gasteiger partial charge in [0.15, 0.2) is 23.1 Å². The number of nitrogens with zero attached hydrogens (tertiary/aromatic N) is 1. The van der Waals surface area contributed by atoms with Gasteiger partial charge in [0.05, 0.1) is 31.8 Å². The lowest BCUT2D eigenvalue weighted by Gasteiger charge is -2.33. The summed E-state index contributed by atoms with van der Waals surface area (Å²) in [4.78, 5) is 19.3. The van der Waals surface area contributed by atoms with E-state index in [9.17, 15) is 18.0 Å². The van der Waals surface area contributed by atoms with E-state index in [-0.39, 0.29) is 37.1 Å². The molecule has 11 heteroatoms. The molecule has 2 aromatic heterocycles. The van der Waals surface area contributed by atoms with Gasteiger partial charge in [0.1, 0.15) is 11.4 Å². The van der Waals surface area contributed by atoms with Gasteiger partial charge in [-0.3, -0.25) is 0 Å². The number of hydrogen-bond donors (Lipinski definition) is 3. The quantitative estimate of drug-likeness (QED) is 0.515. The van der Waals surface area contributed by atoms with Crippen LogP contribution in [-0.4, -0.2) is 54.6 Å². The third kappa shape index (κ3) is 4.33. The Bertz CT molecular complexity index is 1170. The number of benzene rings is 1. The zero-order chi connectivity index (χ0) is 23.0. The van der Waals surface area contributed by atoms with Crippen molar-refractivity contribution in [2.75, 3.05) is 38.3 Å². The molecule has 4 heterocycles. The van der Waals surface area contributed by atoms with E-state index in [0.717, 1.165) is 24.1 Å². The topological polar surface area (TPSA) is 97.5 Å². The fourth-order valence-electron chi connectivity index (χ4n) is 3.92. The van der Waals surface area contributed by atoms with Gasteiger partial charge in [-0.15, -0.1) is 0 Å². The van der Waals surface area contributed by atoms with Crippen LogP contribution in [0.25, 0.3) is 11.0 Å². The smallest absolute Gasteiger partial charge is 0.319 e. The summed E-state index contributed by atoms with van der Waals surface area (Å²) in [5.74, 6) is -2.26. The summed E-state index contributed by atoms with van der Waals surface area (Å²) in [6, 6.07) is 2.59. The zero-order valence-electron chi connectivity index (χ0n) is 17.4. The average Bonchev–Trinajstić information content (AvgIpc) is 3.43. The second-order valence-corrected chi connectivity index (χ2v) is 8.16. The number of aromatic nitrogens is 2. The molecular weight excluding hydrogens is 441 g/mol. The van der Waals surface area contributed by atoms with E-state index in [0.29, 0.717) is 24.2 Å². The Balaban J connectivity index is 1.34. The van der Waals surface area contributed by atoms with Crippen molar-refractivity contribution in [1.29, 1.82) is 0 Å². The summed E-state index contributed by atoms with van der Waals surface area (Å²) in [5.41, 5.74) is -0.321. The van der Waals surface area contributed by atoms with Crippen LogP contribution in [0.2, 0.25) is 0 Å². The molecule has 2 aliphatic rings. The number of ether oxygens (including phenoxy) is 3. The minimum absolute atomic E-state index is 0.110. The van der Waals surface area contributed by atoms with Gasteiger partial charge < -0.3 is 29.8 Å². The molecule has 174 valence electrons. The summed E-state index contributed by atoms with van der Waals surface area (Å²) < 4.78 is 59.3. The van der Waals surface area contributed by atoms with Crippen molar-refractivity contribution in [3.05, 3.63) is 47.8 Å². The average molecular weight is 462 g/mol. The maximum absolute atomic E-state index is 14.8. The molecule has 3 aromatic rings. The van der Waals surface area contributed by atoms with Gasteiger partial charge in [-0.25, -0.2) is 22.9 Å². The molecule has 0 bridgehead atoms. The molecule has 2 fully saturated rings. The van der Waals surface area contributed by atoms with Gasteiger partial charge in [0, 0.05) is 42.7 Å². The molecule has 1 atom stereocenters. The molecule has 0 saturated carbocycles. The molecule has 33 heavy (non-hydrogen) atoms. The number of fused-ring (bicyclic) bond motifs is 1. The number of carbonyl (C=O) groups is 1. The lowest BCUT2D eigenvalue weighted by molar-refractivity contribution is -0.125. The standard InChI is InChI=1S/C22H21F3N4O4/c23-15-5-13(29-21(30)28-9-22(25)10-32-11-22)6-16(24)19(15)33-17-1-3-26-20-18(17)14(7-27-20)12-2-4-31-8-12/h1,3,5-7,12H,2,4,8-11H2,(H,26,27)(H2,28,29,30)/t12-/m0/s1. The molecule has 0 unspecified atom stereocenters. The van der Waals surface area contributed by atoms with E-state index in [1.165, 1.54) is 12.3 Å². The van der Waals surface area contributed by atoms with Crippen molar-refractivity contribution >= 4 is 22.8 Å². The number of alkyl halides is 1. The van der Waals surface area contributed by atoms with Gasteiger partial charge in [0.25, 0.3) is 0 Å². The minimum atomic E-state index is -1.62. The zero-order valence-corrected chi connectivity index (χ0v) is 17.4. The highest BCUT2D eigenvalue weighted by molar-refractivity contribution is 5.89. The first-order chi connectivity index (χ1) is 15.9. The summed E-state index contributed by atoms with van der Waals surface area (Å²) in [6.07, 6.45) is 4.10. The molecule has 3 N–H and O–H groups in total. The van der Waals surface area contributed by atoms with Crippen LogP contribution in [0.4, 0.5) is 23.7 Å². The van der Waals surface area contributed by atoms with E-state index < -0.39 is 29.1 Å². The third-order valence-electron chi connectivity index (χ3n) is 5.69. The molecule has 0 aliphatic carbocycles. The number of rotatable bonds is 6. The highest BCUT2D eigenvalue weighted by atomic mass is 19.1. The normalized spacial score (nSPS) is 19.3. The van der Waals surface area contributed by atoms with Crippen LogP contribution >= 0.6 is 0 Å². The van der Waals surface area contributed by atoms with Crippen LogP contribution in [-0.2, 0) is 9.47 Å². The Hall–Kier alpha value is -3.31. The largest absolute Gasteiger partial charge is 0.450 e. The Kier molecular flexibility index (Phi) is 5.59. The van der Waals surface area contributed by atoms with Gasteiger partial charge in [-0.05, 0) is 18.1 Å². The van der Waals surface area contributed by atoms with Crippen molar-refractivity contribution in [3.8, 4) is 11.5 Å². The highest BCUT2D eigenvalue weighted by Crippen LogP contribution is 2.39. The van der Waals surface area contributed by atoms with E-state index >= 15 is 0 Å². The number of urea groups is 1. The first-order valence-corrected chi connectivity index (χ1v) is 10.4. The summed E-state index contributed by atoms with van der Waals surface area (Å²) in [5, 5.41) is 5.23. The molecule has 5 rings (SSSR count). The third-order valence-corrected chi connectivity index (χ3v) is 5.69. The molecule has 0 spiro atoms. The lowest BCUT2D eigenvalue weighted by atomic mass is 9.98. The monoisotopic (exact) mass is 462 g/mol. The summed E-state index contributed by atoms with van der Waals surface area (Å²) in [6.45, 7) is 0.694. The number of amides is 2. The van der Waals surface area contributed by atoms with Crippen molar-refractivity contribution in [2.24, 2.45) is 0 Å². The molecule has 2 amide bonds. The van der Waals surface area contributed by atoms with Crippen molar-refractivity contribution in [3.63, 3.8) is 0 Å². The first-order valence-electron chi connectivity index (χ1n) is 10.4. The second-order valence-electron chi connectivity index (χ2n) is 8.16. The Morgan fingerprint density at radius 3 is 2.73 bits per heavy atom. The van der Waals surface area contributed by atoms with Crippen LogP contribution in [0.1, 0.15) is 17.9 Å². The Morgan fingerprint density at radius 2 is 2.06 bits per heavy atom. The second kappa shape index (κ2) is 8.56. The molecule has 2 saturated heterocycles. The maximum atomic E-state index is 14.8. The van der Waals surface area contributed by atoms with Crippen LogP contribution in [0.15, 0.2) is 30.6 Å². The molecule has 0 radical (unpaired) electrons. The van der Waals surface area contributed by atoms with Gasteiger partial charge in [-0.1, -0.05) is 0 Å². The summed E-state index contributed by atoms with van der Waals surface area (Å²) >= 11 is 0. The molecule has 1 aromatic carbocycles. The number of anilines is 1. The van der Waals surface area contributed by atoms with Crippen molar-refractivity contribution in [1.82, 2.24) is 15.3 Å². The fraction of sp³-hybridized carbons (Fsp3) is 0.364. The van der Waals surface area contributed by atoms with Gasteiger partial charge in [0.2, 0.25) is 0 Å². The maximum Gasteiger partial charge on any atom is 0.319 e. The Labute approximate surface area is 186 Å². The summed E-state index contributed by atoms with van der Waals surface area (Å²) in [7, 11) is 0. The molecule has 2 aliphatic heterocycles. The molecular formula is C22H21F3N4O4. The van der Waals surface area contributed by atoms with E-state index in [1.54, 1.807) is 6.20 Å². The van der Waals surface area contributed by atoms with Crippen LogP contribution in [0.5, 0.6) is 11.5 Å². The fourth-order valence-corrected chi connectivity index (χ4v) is 3.92. The van der Waals surface area contributed by atoms with Crippen LogP contribution < -0.4 is 15.4 Å². The van der Waals surface area contributed by atoms with E-state index in [1.807, 2.05) is 0 Å². The van der Waals surface area contributed by atoms with Crippen LogP contribution in [0, 0.1) is 11.6 Å². The number of carbonyl (C=O) groups excluding carboxylic acids is 1. The minimum Gasteiger partial charge on any atom is -0.450 e. The van der Waals surface area contributed by atoms with Gasteiger partial charge in [-0.2, -0.15) is 0 Å². The van der Waals surface area contributed by atoms with Crippen molar-refractivity contribution < 1.29 is 32.2 Å². The van der Waals surface area contributed by atoms with E-state index in [4.69, 9.17) is 14.2 Å². The first kappa shape index (κ1) is 21.5. The molecule has 8 nitrogen and oxygen atoms in total. The van der Waals surface area contributed by atoms with Crippen molar-refractivity contribution in [2.45, 2.75) is 18.0 Å². The van der Waals surface area contributed by atoms with Crippen LogP contribution in [0.3, 0.4) is 0 Å². The Morgan fingerprint density at radius 1 is 1.27 bits per heavy atom. The lowest BCUT2D eigenvalue weighted by Crippen LogP contribution is -2.54.